The van der Waals surface area contributed by atoms with Crippen molar-refractivity contribution in [1.29, 1.82) is 0 Å². The zero-order valence-corrected chi connectivity index (χ0v) is 13.8. The first-order valence-corrected chi connectivity index (χ1v) is 8.27. The van der Waals surface area contributed by atoms with Crippen molar-refractivity contribution in [2.45, 2.75) is 19.4 Å². The van der Waals surface area contributed by atoms with Crippen molar-refractivity contribution in [3.05, 3.63) is 70.2 Å². The van der Waals surface area contributed by atoms with Crippen molar-refractivity contribution < 1.29 is 0 Å². The van der Waals surface area contributed by atoms with E-state index in [1.165, 1.54) is 16.7 Å². The van der Waals surface area contributed by atoms with Crippen molar-refractivity contribution in [2.24, 2.45) is 11.7 Å². The fourth-order valence-corrected chi connectivity index (χ4v) is 3.80. The topological polar surface area (TPSA) is 29.3 Å². The molecule has 2 N–H and O–H groups in total. The lowest BCUT2D eigenvalue weighted by molar-refractivity contribution is 0.317. The molecular formula is C19H23ClN2. The van der Waals surface area contributed by atoms with Crippen molar-refractivity contribution >= 4 is 11.6 Å². The summed E-state index contributed by atoms with van der Waals surface area (Å²) in [6.07, 6.45) is 0. The lowest BCUT2D eigenvalue weighted by Gasteiger charge is -2.19. The number of nitrogens with zero attached hydrogens (tertiary/aromatic N) is 1. The molecule has 0 saturated carbocycles. The van der Waals surface area contributed by atoms with Crippen LogP contribution in [0.3, 0.4) is 0 Å². The van der Waals surface area contributed by atoms with Crippen LogP contribution >= 0.6 is 11.6 Å². The third-order valence-electron chi connectivity index (χ3n) is 4.70. The molecule has 2 nitrogen and oxygen atoms in total. The van der Waals surface area contributed by atoms with Gasteiger partial charge in [-0.05, 0) is 48.2 Å². The molecule has 3 heteroatoms. The molecule has 22 heavy (non-hydrogen) atoms. The highest BCUT2D eigenvalue weighted by molar-refractivity contribution is 6.30. The Kier molecular flexibility index (Phi) is 4.82. The molecule has 116 valence electrons. The van der Waals surface area contributed by atoms with Crippen LogP contribution in [0.4, 0.5) is 0 Å². The van der Waals surface area contributed by atoms with Crippen LogP contribution in [0, 0.1) is 12.8 Å². The van der Waals surface area contributed by atoms with E-state index in [0.717, 1.165) is 31.2 Å². The number of aryl methyl sites for hydroxylation is 1. The van der Waals surface area contributed by atoms with Gasteiger partial charge < -0.3 is 5.73 Å². The zero-order chi connectivity index (χ0) is 15.5. The summed E-state index contributed by atoms with van der Waals surface area (Å²) in [5.74, 6) is 1.02. The Bertz CT molecular complexity index is 627. The monoisotopic (exact) mass is 314 g/mol. The number of benzene rings is 2. The van der Waals surface area contributed by atoms with E-state index < -0.39 is 0 Å². The molecule has 3 rings (SSSR count). The van der Waals surface area contributed by atoms with Gasteiger partial charge in [0.1, 0.15) is 0 Å². The maximum atomic E-state index is 6.09. The first-order valence-electron chi connectivity index (χ1n) is 7.89. The minimum atomic E-state index is 0.506. The first kappa shape index (κ1) is 15.5. The molecule has 1 aliphatic heterocycles. The molecule has 0 spiro atoms. The maximum Gasteiger partial charge on any atom is 0.0408 e. The SMILES string of the molecule is Cc1cc(Cl)ccc1C1CN(Cc2ccccc2)CC1CN. The number of rotatable bonds is 4. The van der Waals surface area contributed by atoms with E-state index in [0.29, 0.717) is 11.8 Å². The second kappa shape index (κ2) is 6.82. The number of likely N-dealkylation sites (tertiary alicyclic amines) is 1. The summed E-state index contributed by atoms with van der Waals surface area (Å²) in [6.45, 7) is 6.02. The van der Waals surface area contributed by atoms with Crippen molar-refractivity contribution in [3.63, 3.8) is 0 Å². The molecule has 2 aromatic carbocycles. The van der Waals surface area contributed by atoms with Crippen LogP contribution < -0.4 is 5.73 Å². The third-order valence-corrected chi connectivity index (χ3v) is 4.93. The summed E-state index contributed by atoms with van der Waals surface area (Å²) in [7, 11) is 0. The van der Waals surface area contributed by atoms with Gasteiger partial charge in [-0.25, -0.2) is 0 Å². The Morgan fingerprint density at radius 1 is 1.14 bits per heavy atom. The molecule has 2 atom stereocenters. The van der Waals surface area contributed by atoms with Crippen molar-refractivity contribution in [2.75, 3.05) is 19.6 Å². The molecule has 0 bridgehead atoms. The van der Waals surface area contributed by atoms with E-state index in [4.69, 9.17) is 17.3 Å². The fourth-order valence-electron chi connectivity index (χ4n) is 3.58. The average molecular weight is 315 g/mol. The van der Waals surface area contributed by atoms with Gasteiger partial charge in [-0.2, -0.15) is 0 Å². The number of nitrogens with two attached hydrogens (primary N) is 1. The van der Waals surface area contributed by atoms with Gasteiger partial charge in [0.25, 0.3) is 0 Å². The number of hydrogen-bond acceptors (Lipinski definition) is 2. The number of halogens is 1. The van der Waals surface area contributed by atoms with Gasteiger partial charge in [0.15, 0.2) is 0 Å². The summed E-state index contributed by atoms with van der Waals surface area (Å²) in [4.78, 5) is 2.52. The van der Waals surface area contributed by atoms with Crippen molar-refractivity contribution in [1.82, 2.24) is 4.90 Å². The lowest BCUT2D eigenvalue weighted by Crippen LogP contribution is -2.23. The Balaban J connectivity index is 1.77. The second-order valence-corrected chi connectivity index (χ2v) is 6.72. The summed E-state index contributed by atoms with van der Waals surface area (Å²) >= 11 is 6.09. The lowest BCUT2D eigenvalue weighted by atomic mass is 9.86. The van der Waals surface area contributed by atoms with E-state index in [1.807, 2.05) is 6.07 Å². The normalized spacial score (nSPS) is 22.1. The second-order valence-electron chi connectivity index (χ2n) is 6.28. The third kappa shape index (κ3) is 3.35. The minimum Gasteiger partial charge on any atom is -0.330 e. The molecular weight excluding hydrogens is 292 g/mol. The molecule has 1 saturated heterocycles. The van der Waals surface area contributed by atoms with Gasteiger partial charge >= 0.3 is 0 Å². The minimum absolute atomic E-state index is 0.506. The first-order chi connectivity index (χ1) is 10.7. The quantitative estimate of drug-likeness (QED) is 0.929. The highest BCUT2D eigenvalue weighted by Gasteiger charge is 2.33. The van der Waals surface area contributed by atoms with Crippen LogP contribution in [0.5, 0.6) is 0 Å². The summed E-state index contributed by atoms with van der Waals surface area (Å²) in [6, 6.07) is 16.9. The van der Waals surface area contributed by atoms with Crippen LogP contribution in [0.25, 0.3) is 0 Å². The van der Waals surface area contributed by atoms with Gasteiger partial charge in [0.05, 0.1) is 0 Å². The largest absolute Gasteiger partial charge is 0.330 e. The van der Waals surface area contributed by atoms with Crippen LogP contribution in [0.1, 0.15) is 22.6 Å². The van der Waals surface area contributed by atoms with E-state index in [-0.39, 0.29) is 0 Å². The number of hydrogen-bond donors (Lipinski definition) is 1. The van der Waals surface area contributed by atoms with E-state index in [1.54, 1.807) is 0 Å². The van der Waals surface area contributed by atoms with Crippen LogP contribution in [0.15, 0.2) is 48.5 Å². The van der Waals surface area contributed by atoms with E-state index in [9.17, 15) is 0 Å². The van der Waals surface area contributed by atoms with E-state index in [2.05, 4.69) is 54.3 Å². The molecule has 2 unspecified atom stereocenters. The molecule has 2 aromatic rings. The van der Waals surface area contributed by atoms with Gasteiger partial charge in [-0.3, -0.25) is 4.90 Å². The summed E-state index contributed by atoms with van der Waals surface area (Å²) < 4.78 is 0. The van der Waals surface area contributed by atoms with Gasteiger partial charge in [-0.1, -0.05) is 48.0 Å². The summed E-state index contributed by atoms with van der Waals surface area (Å²) in [5, 5.41) is 0.810. The summed E-state index contributed by atoms with van der Waals surface area (Å²) in [5.41, 5.74) is 10.1. The Morgan fingerprint density at radius 2 is 1.91 bits per heavy atom. The van der Waals surface area contributed by atoms with E-state index >= 15 is 0 Å². The molecule has 0 aliphatic carbocycles. The highest BCUT2D eigenvalue weighted by atomic mass is 35.5. The molecule has 0 amide bonds. The van der Waals surface area contributed by atoms with Crippen LogP contribution in [-0.2, 0) is 6.54 Å². The van der Waals surface area contributed by atoms with Gasteiger partial charge in [0, 0.05) is 30.6 Å². The highest BCUT2D eigenvalue weighted by Crippen LogP contribution is 2.35. The van der Waals surface area contributed by atoms with Crippen LogP contribution in [0.2, 0.25) is 5.02 Å². The zero-order valence-electron chi connectivity index (χ0n) is 13.0. The average Bonchev–Trinajstić information content (AvgIpc) is 2.91. The molecule has 1 fully saturated rings. The van der Waals surface area contributed by atoms with Gasteiger partial charge in [0.2, 0.25) is 0 Å². The Hall–Kier alpha value is -1.35. The van der Waals surface area contributed by atoms with Crippen LogP contribution in [-0.4, -0.2) is 24.5 Å². The maximum absolute atomic E-state index is 6.09. The predicted octanol–water partition coefficient (Wildman–Crippen LogP) is 3.82. The van der Waals surface area contributed by atoms with Crippen molar-refractivity contribution in [3.8, 4) is 0 Å². The fraction of sp³-hybridized carbons (Fsp3) is 0.368. The standard InChI is InChI=1S/C19H23ClN2/c1-14-9-17(20)7-8-18(14)19-13-22(12-16(19)10-21)11-15-5-3-2-4-6-15/h2-9,16,19H,10-13,21H2,1H3. The molecule has 1 heterocycles. The smallest absolute Gasteiger partial charge is 0.0408 e. The molecule has 0 aromatic heterocycles. The predicted molar refractivity (Wildman–Crippen MR) is 93.2 cm³/mol. The van der Waals surface area contributed by atoms with Gasteiger partial charge in [-0.15, -0.1) is 0 Å². The molecule has 1 aliphatic rings. The Morgan fingerprint density at radius 3 is 2.59 bits per heavy atom. The molecule has 0 radical (unpaired) electrons. The Labute approximate surface area is 137 Å².